The SMILES string of the molecule is C[C@@H](NC(=O)CN1CCN(c2cccc(Cl)c2)CC1)c1ccccc1. The van der Waals surface area contributed by atoms with E-state index in [1.54, 1.807) is 0 Å². The van der Waals surface area contributed by atoms with Gasteiger partial charge in [-0.1, -0.05) is 48.0 Å². The van der Waals surface area contributed by atoms with Gasteiger partial charge in [-0.05, 0) is 30.7 Å². The second-order valence-electron chi connectivity index (χ2n) is 6.44. The predicted molar refractivity (Wildman–Crippen MR) is 103 cm³/mol. The fourth-order valence-electron chi connectivity index (χ4n) is 3.15. The summed E-state index contributed by atoms with van der Waals surface area (Å²) in [5.74, 6) is 0.0764. The van der Waals surface area contributed by atoms with Gasteiger partial charge in [-0.2, -0.15) is 0 Å². The van der Waals surface area contributed by atoms with Gasteiger partial charge in [0.05, 0.1) is 12.6 Å². The van der Waals surface area contributed by atoms with Gasteiger partial charge in [0, 0.05) is 36.9 Å². The zero-order valence-electron chi connectivity index (χ0n) is 14.5. The van der Waals surface area contributed by atoms with Crippen LogP contribution in [0, 0.1) is 0 Å². The van der Waals surface area contributed by atoms with E-state index in [1.165, 1.54) is 0 Å². The number of carbonyl (C=O) groups excluding carboxylic acids is 1. The molecule has 0 aromatic heterocycles. The lowest BCUT2D eigenvalue weighted by atomic mass is 10.1. The quantitative estimate of drug-likeness (QED) is 0.891. The van der Waals surface area contributed by atoms with E-state index in [1.807, 2.05) is 55.5 Å². The molecule has 1 atom stereocenters. The van der Waals surface area contributed by atoms with Gasteiger partial charge in [0.15, 0.2) is 0 Å². The van der Waals surface area contributed by atoms with Gasteiger partial charge in [-0.15, -0.1) is 0 Å². The third-order valence-electron chi connectivity index (χ3n) is 4.59. The van der Waals surface area contributed by atoms with Gasteiger partial charge in [0.1, 0.15) is 0 Å². The molecule has 3 rings (SSSR count). The minimum Gasteiger partial charge on any atom is -0.369 e. The van der Waals surface area contributed by atoms with Crippen molar-refractivity contribution in [2.75, 3.05) is 37.6 Å². The first-order valence-corrected chi connectivity index (χ1v) is 9.07. The number of piperazine rings is 1. The number of nitrogens with one attached hydrogen (secondary N) is 1. The Morgan fingerprint density at radius 3 is 2.48 bits per heavy atom. The first-order chi connectivity index (χ1) is 12.1. The summed E-state index contributed by atoms with van der Waals surface area (Å²) in [6.07, 6.45) is 0. The molecule has 1 N–H and O–H groups in total. The molecule has 0 saturated carbocycles. The van der Waals surface area contributed by atoms with Crippen molar-refractivity contribution in [3.8, 4) is 0 Å². The normalized spacial score (nSPS) is 16.5. The van der Waals surface area contributed by atoms with Crippen molar-refractivity contribution in [1.29, 1.82) is 0 Å². The molecule has 2 aromatic rings. The number of anilines is 1. The number of hydrogen-bond acceptors (Lipinski definition) is 3. The monoisotopic (exact) mass is 357 g/mol. The summed E-state index contributed by atoms with van der Waals surface area (Å²) in [7, 11) is 0. The third-order valence-corrected chi connectivity index (χ3v) is 4.83. The molecule has 4 nitrogen and oxygen atoms in total. The lowest BCUT2D eigenvalue weighted by Gasteiger charge is -2.36. The van der Waals surface area contributed by atoms with Crippen molar-refractivity contribution >= 4 is 23.2 Å². The topological polar surface area (TPSA) is 35.6 Å². The van der Waals surface area contributed by atoms with Crippen LogP contribution < -0.4 is 10.2 Å². The van der Waals surface area contributed by atoms with Gasteiger partial charge in [0.25, 0.3) is 0 Å². The van der Waals surface area contributed by atoms with E-state index in [-0.39, 0.29) is 11.9 Å². The summed E-state index contributed by atoms with van der Waals surface area (Å²) < 4.78 is 0. The molecule has 1 amide bonds. The summed E-state index contributed by atoms with van der Waals surface area (Å²) >= 11 is 6.07. The van der Waals surface area contributed by atoms with E-state index in [0.29, 0.717) is 6.54 Å². The Labute approximate surface area is 154 Å². The van der Waals surface area contributed by atoms with E-state index < -0.39 is 0 Å². The van der Waals surface area contributed by atoms with E-state index in [4.69, 9.17) is 11.6 Å². The molecular weight excluding hydrogens is 334 g/mol. The average molecular weight is 358 g/mol. The van der Waals surface area contributed by atoms with Crippen molar-refractivity contribution < 1.29 is 4.79 Å². The molecule has 0 spiro atoms. The second-order valence-corrected chi connectivity index (χ2v) is 6.88. The Bertz CT molecular complexity index is 699. The van der Waals surface area contributed by atoms with Crippen LogP contribution in [0.3, 0.4) is 0 Å². The smallest absolute Gasteiger partial charge is 0.234 e. The molecule has 1 fully saturated rings. The molecule has 0 unspecified atom stereocenters. The summed E-state index contributed by atoms with van der Waals surface area (Å²) in [5.41, 5.74) is 2.27. The number of nitrogens with zero attached hydrogens (tertiary/aromatic N) is 2. The predicted octanol–water partition coefficient (Wildman–Crippen LogP) is 3.34. The maximum absolute atomic E-state index is 12.3. The minimum absolute atomic E-state index is 0.0291. The maximum atomic E-state index is 12.3. The van der Waals surface area contributed by atoms with Crippen LogP contribution in [-0.4, -0.2) is 43.5 Å². The average Bonchev–Trinajstić information content (AvgIpc) is 2.63. The molecule has 5 heteroatoms. The van der Waals surface area contributed by atoms with Gasteiger partial charge in [-0.25, -0.2) is 0 Å². The molecule has 25 heavy (non-hydrogen) atoms. The highest BCUT2D eigenvalue weighted by Crippen LogP contribution is 2.20. The zero-order chi connectivity index (χ0) is 17.6. The molecule has 0 radical (unpaired) electrons. The van der Waals surface area contributed by atoms with E-state index in [2.05, 4.69) is 21.2 Å². The van der Waals surface area contributed by atoms with Gasteiger partial charge < -0.3 is 10.2 Å². The number of rotatable bonds is 5. The molecule has 2 aromatic carbocycles. The van der Waals surface area contributed by atoms with E-state index >= 15 is 0 Å². The molecule has 0 bridgehead atoms. The summed E-state index contributed by atoms with van der Waals surface area (Å²) in [6, 6.07) is 18.0. The number of amides is 1. The van der Waals surface area contributed by atoms with Crippen LogP contribution in [0.25, 0.3) is 0 Å². The van der Waals surface area contributed by atoms with Gasteiger partial charge in [-0.3, -0.25) is 9.69 Å². The van der Waals surface area contributed by atoms with Crippen LogP contribution in [0.4, 0.5) is 5.69 Å². The molecular formula is C20H24ClN3O. The fraction of sp³-hybridized carbons (Fsp3) is 0.350. The van der Waals surface area contributed by atoms with E-state index in [0.717, 1.165) is 42.5 Å². The molecule has 0 aliphatic carbocycles. The number of carbonyl (C=O) groups is 1. The van der Waals surface area contributed by atoms with Crippen molar-refractivity contribution in [1.82, 2.24) is 10.2 Å². The summed E-state index contributed by atoms with van der Waals surface area (Å²) in [6.45, 7) is 6.02. The van der Waals surface area contributed by atoms with Crippen LogP contribution in [0.5, 0.6) is 0 Å². The number of benzene rings is 2. The maximum Gasteiger partial charge on any atom is 0.234 e. The third kappa shape index (κ3) is 4.97. The number of halogens is 1. The van der Waals surface area contributed by atoms with Crippen LogP contribution in [0.1, 0.15) is 18.5 Å². The Morgan fingerprint density at radius 1 is 1.08 bits per heavy atom. The Hall–Kier alpha value is -2.04. The Morgan fingerprint density at radius 2 is 1.80 bits per heavy atom. The molecule has 1 aliphatic heterocycles. The molecule has 1 aliphatic rings. The Balaban J connectivity index is 1.46. The van der Waals surface area contributed by atoms with Crippen LogP contribution >= 0.6 is 11.6 Å². The minimum atomic E-state index is 0.0291. The number of hydrogen-bond donors (Lipinski definition) is 1. The molecule has 132 valence electrons. The lowest BCUT2D eigenvalue weighted by Crippen LogP contribution is -2.49. The highest BCUT2D eigenvalue weighted by molar-refractivity contribution is 6.30. The first-order valence-electron chi connectivity index (χ1n) is 8.69. The van der Waals surface area contributed by atoms with E-state index in [9.17, 15) is 4.79 Å². The van der Waals surface area contributed by atoms with Crippen molar-refractivity contribution in [2.24, 2.45) is 0 Å². The lowest BCUT2D eigenvalue weighted by molar-refractivity contribution is -0.123. The first kappa shape index (κ1) is 17.8. The van der Waals surface area contributed by atoms with Crippen molar-refractivity contribution in [3.63, 3.8) is 0 Å². The molecule has 1 saturated heterocycles. The largest absolute Gasteiger partial charge is 0.369 e. The van der Waals surface area contributed by atoms with Gasteiger partial charge >= 0.3 is 0 Å². The van der Waals surface area contributed by atoms with Crippen LogP contribution in [0.15, 0.2) is 54.6 Å². The zero-order valence-corrected chi connectivity index (χ0v) is 15.2. The van der Waals surface area contributed by atoms with Crippen molar-refractivity contribution in [2.45, 2.75) is 13.0 Å². The Kier molecular flexibility index (Phi) is 5.95. The summed E-state index contributed by atoms with van der Waals surface area (Å²) in [4.78, 5) is 16.8. The molecule has 1 heterocycles. The second kappa shape index (κ2) is 8.37. The van der Waals surface area contributed by atoms with Gasteiger partial charge in [0.2, 0.25) is 5.91 Å². The highest BCUT2D eigenvalue weighted by Gasteiger charge is 2.20. The van der Waals surface area contributed by atoms with Crippen LogP contribution in [-0.2, 0) is 4.79 Å². The van der Waals surface area contributed by atoms with Crippen LogP contribution in [0.2, 0.25) is 5.02 Å². The highest BCUT2D eigenvalue weighted by atomic mass is 35.5. The fourth-order valence-corrected chi connectivity index (χ4v) is 3.34. The van der Waals surface area contributed by atoms with Crippen molar-refractivity contribution in [3.05, 3.63) is 65.2 Å². The summed E-state index contributed by atoms with van der Waals surface area (Å²) in [5, 5.41) is 3.84. The standard InChI is InChI=1S/C20H24ClN3O/c1-16(17-6-3-2-4-7-17)22-20(25)15-23-10-12-24(13-11-23)19-9-5-8-18(21)14-19/h2-9,14,16H,10-13,15H2,1H3,(H,22,25)/t16-/m1/s1.